The molecule has 0 fully saturated rings. The Morgan fingerprint density at radius 3 is 2.81 bits per heavy atom. The third kappa shape index (κ3) is 3.08. The summed E-state index contributed by atoms with van der Waals surface area (Å²) in [6, 6.07) is 1.90. The van der Waals surface area contributed by atoms with E-state index in [0.29, 0.717) is 57.0 Å². The maximum Gasteiger partial charge on any atom is 0.256 e. The zero-order valence-corrected chi connectivity index (χ0v) is 19.8. The summed E-state index contributed by atoms with van der Waals surface area (Å²) < 4.78 is 7.70. The third-order valence-electron chi connectivity index (χ3n) is 5.86. The minimum atomic E-state index is -0.269. The molecular weight excluding hydrogens is 500 g/mol. The molecule has 0 saturated heterocycles. The van der Waals surface area contributed by atoms with Crippen LogP contribution < -0.4 is 5.56 Å². The van der Waals surface area contributed by atoms with Gasteiger partial charge in [0.1, 0.15) is 0 Å². The second kappa shape index (κ2) is 7.56. The number of nitrogens with one attached hydrogen (secondary N) is 1. The molecule has 5 rings (SSSR count). The van der Waals surface area contributed by atoms with Gasteiger partial charge in [-0.15, -0.1) is 5.10 Å². The highest BCUT2D eigenvalue weighted by molar-refractivity contribution is 9.10. The van der Waals surface area contributed by atoms with Gasteiger partial charge in [-0.1, -0.05) is 37.9 Å². The largest absolute Gasteiger partial charge is 0.354 e. The molecule has 1 aliphatic rings. The number of nitrogens with zero attached hydrogens (tertiary/aromatic N) is 5. The van der Waals surface area contributed by atoms with Crippen LogP contribution in [0.3, 0.4) is 0 Å². The number of H-pyrrole nitrogens is 1. The first-order valence-corrected chi connectivity index (χ1v) is 11.1. The molecule has 0 spiro atoms. The molecule has 164 valence electrons. The minimum Gasteiger partial charge on any atom is -0.354 e. The maximum absolute atomic E-state index is 13.6. The van der Waals surface area contributed by atoms with Crippen molar-refractivity contribution in [2.24, 2.45) is 7.05 Å². The predicted octanol–water partition coefficient (Wildman–Crippen LogP) is 3.54. The van der Waals surface area contributed by atoms with Crippen LogP contribution in [0, 0.1) is 13.8 Å². The number of hydrogen-bond acceptors (Lipinski definition) is 6. The van der Waals surface area contributed by atoms with E-state index >= 15 is 0 Å². The van der Waals surface area contributed by atoms with Crippen LogP contribution in [0.25, 0.3) is 22.2 Å². The van der Waals surface area contributed by atoms with Gasteiger partial charge >= 0.3 is 0 Å². The normalized spacial score (nSPS) is 13.8. The van der Waals surface area contributed by atoms with Gasteiger partial charge in [-0.05, 0) is 31.9 Å². The van der Waals surface area contributed by atoms with E-state index in [1.54, 1.807) is 23.6 Å². The fourth-order valence-corrected chi connectivity index (χ4v) is 5.25. The third-order valence-corrected chi connectivity index (χ3v) is 6.96. The van der Waals surface area contributed by atoms with Crippen molar-refractivity contribution < 1.29 is 9.32 Å². The van der Waals surface area contributed by atoms with Gasteiger partial charge in [-0.3, -0.25) is 9.59 Å². The standard InChI is InChI=1S/C21H18BrClN6O3/c1-9-18(28(3)27-26-9)12-6-15(22)11-4-5-29(21(31)16(11)17(12)23)8-14-13-7-24-32-19(13)10(2)25-20(14)30/h6-7H,4-5,8H2,1-3H3,(H,25,30). The Balaban J connectivity index is 1.60. The number of halogens is 2. The molecule has 9 nitrogen and oxygen atoms in total. The Bertz CT molecular complexity index is 1450. The molecule has 0 saturated carbocycles. The fraction of sp³-hybridized carbons (Fsp3) is 0.286. The topological polar surface area (TPSA) is 110 Å². The van der Waals surface area contributed by atoms with Crippen molar-refractivity contribution in [2.75, 3.05) is 6.54 Å². The van der Waals surface area contributed by atoms with Crippen LogP contribution in [0.1, 0.15) is 32.9 Å². The monoisotopic (exact) mass is 516 g/mol. The number of aromatic nitrogens is 5. The number of aryl methyl sites for hydroxylation is 3. The lowest BCUT2D eigenvalue weighted by Gasteiger charge is -2.30. The number of fused-ring (bicyclic) bond motifs is 2. The van der Waals surface area contributed by atoms with E-state index in [1.807, 2.05) is 13.0 Å². The van der Waals surface area contributed by atoms with Crippen molar-refractivity contribution in [1.29, 1.82) is 0 Å². The van der Waals surface area contributed by atoms with E-state index < -0.39 is 0 Å². The Hall–Kier alpha value is -2.98. The van der Waals surface area contributed by atoms with Crippen LogP contribution in [0.5, 0.6) is 0 Å². The Kier molecular flexibility index (Phi) is 4.94. The smallest absolute Gasteiger partial charge is 0.256 e. The molecule has 1 N–H and O–H groups in total. The van der Waals surface area contributed by atoms with E-state index in [1.165, 1.54) is 6.20 Å². The summed E-state index contributed by atoms with van der Waals surface area (Å²) in [5.74, 6) is -0.240. The first-order chi connectivity index (χ1) is 15.3. The van der Waals surface area contributed by atoms with Gasteiger partial charge in [0, 0.05) is 29.2 Å². The zero-order chi connectivity index (χ0) is 22.7. The summed E-state index contributed by atoms with van der Waals surface area (Å²) in [5, 5.41) is 12.9. The first kappa shape index (κ1) is 20.9. The molecule has 0 radical (unpaired) electrons. The van der Waals surface area contributed by atoms with Crippen molar-refractivity contribution >= 4 is 44.4 Å². The van der Waals surface area contributed by atoms with E-state index in [4.69, 9.17) is 16.1 Å². The molecule has 0 atom stereocenters. The van der Waals surface area contributed by atoms with Gasteiger partial charge in [0.15, 0.2) is 5.58 Å². The van der Waals surface area contributed by atoms with Gasteiger partial charge in [0.05, 0.1) is 45.8 Å². The average molecular weight is 518 g/mol. The van der Waals surface area contributed by atoms with Gasteiger partial charge in [0.25, 0.3) is 11.5 Å². The summed E-state index contributed by atoms with van der Waals surface area (Å²) >= 11 is 10.4. The number of aromatic amines is 1. The Morgan fingerprint density at radius 2 is 2.09 bits per heavy atom. The average Bonchev–Trinajstić information content (AvgIpc) is 3.36. The van der Waals surface area contributed by atoms with Crippen molar-refractivity contribution in [1.82, 2.24) is 30.0 Å². The van der Waals surface area contributed by atoms with Gasteiger partial charge in [-0.25, -0.2) is 4.68 Å². The summed E-state index contributed by atoms with van der Waals surface area (Å²) in [7, 11) is 1.78. The molecule has 1 amide bonds. The van der Waals surface area contributed by atoms with E-state index in [9.17, 15) is 9.59 Å². The summed E-state index contributed by atoms with van der Waals surface area (Å²) in [6.45, 7) is 4.16. The number of amides is 1. The molecular formula is C21H18BrClN6O3. The van der Waals surface area contributed by atoms with Crippen LogP contribution >= 0.6 is 27.5 Å². The summed E-state index contributed by atoms with van der Waals surface area (Å²) in [4.78, 5) is 30.6. The molecule has 0 bridgehead atoms. The Morgan fingerprint density at radius 1 is 1.31 bits per heavy atom. The second-order valence-corrected chi connectivity index (χ2v) is 9.06. The first-order valence-electron chi connectivity index (χ1n) is 9.90. The lowest BCUT2D eigenvalue weighted by Crippen LogP contribution is -2.39. The lowest BCUT2D eigenvalue weighted by molar-refractivity contribution is 0.0727. The molecule has 11 heteroatoms. The molecule has 4 aromatic rings. The van der Waals surface area contributed by atoms with Gasteiger partial charge in [-0.2, -0.15) is 0 Å². The second-order valence-electron chi connectivity index (χ2n) is 7.82. The van der Waals surface area contributed by atoms with Crippen LogP contribution in [0.15, 0.2) is 26.1 Å². The fourth-order valence-electron chi connectivity index (χ4n) is 4.29. The minimum absolute atomic E-state index is 0.121. The van der Waals surface area contributed by atoms with Gasteiger partial charge in [0.2, 0.25) is 0 Å². The zero-order valence-electron chi connectivity index (χ0n) is 17.5. The Labute approximate surface area is 195 Å². The number of pyridine rings is 1. The summed E-state index contributed by atoms with van der Waals surface area (Å²) in [6.07, 6.45) is 2.11. The SMILES string of the molecule is Cc1nnn(C)c1-c1cc(Br)c2c(c1Cl)C(=O)N(Cc1c(=O)[nH]c(C)c3oncc13)CC2. The highest BCUT2D eigenvalue weighted by atomic mass is 79.9. The molecule has 1 aliphatic heterocycles. The van der Waals surface area contributed by atoms with E-state index in [-0.39, 0.29) is 18.0 Å². The number of carbonyl (C=O) groups is 1. The molecule has 0 aliphatic carbocycles. The van der Waals surface area contributed by atoms with Crippen LogP contribution in [-0.4, -0.2) is 42.5 Å². The number of hydrogen-bond donors (Lipinski definition) is 1. The molecule has 1 aromatic carbocycles. The van der Waals surface area contributed by atoms with Crippen LogP contribution in [0.4, 0.5) is 0 Å². The number of carbonyl (C=O) groups excluding carboxylic acids is 1. The molecule has 0 unspecified atom stereocenters. The number of benzene rings is 1. The van der Waals surface area contributed by atoms with Crippen molar-refractivity contribution in [2.45, 2.75) is 26.8 Å². The molecule has 3 aromatic heterocycles. The quantitative estimate of drug-likeness (QED) is 0.445. The van der Waals surface area contributed by atoms with E-state index in [0.717, 1.165) is 15.7 Å². The lowest BCUT2D eigenvalue weighted by atomic mass is 9.94. The molecule has 4 heterocycles. The maximum atomic E-state index is 13.6. The van der Waals surface area contributed by atoms with Crippen molar-refractivity contribution in [3.8, 4) is 11.3 Å². The molecule has 32 heavy (non-hydrogen) atoms. The van der Waals surface area contributed by atoms with Crippen LogP contribution in [-0.2, 0) is 20.0 Å². The van der Waals surface area contributed by atoms with Crippen LogP contribution in [0.2, 0.25) is 5.02 Å². The summed E-state index contributed by atoms with van der Waals surface area (Å²) in [5.41, 5.74) is 4.66. The van der Waals surface area contributed by atoms with Crippen molar-refractivity contribution in [3.63, 3.8) is 0 Å². The van der Waals surface area contributed by atoms with Crippen molar-refractivity contribution in [3.05, 3.63) is 60.2 Å². The highest BCUT2D eigenvalue weighted by Gasteiger charge is 2.32. The highest BCUT2D eigenvalue weighted by Crippen LogP contribution is 2.40. The van der Waals surface area contributed by atoms with Gasteiger partial charge < -0.3 is 14.4 Å². The predicted molar refractivity (Wildman–Crippen MR) is 122 cm³/mol. The number of rotatable bonds is 3. The van der Waals surface area contributed by atoms with E-state index in [2.05, 4.69) is 36.4 Å².